The third-order valence-corrected chi connectivity index (χ3v) is 1.86. The molecule has 1 N–H and O–H groups in total. The van der Waals surface area contributed by atoms with Gasteiger partial charge in [-0.1, -0.05) is 6.07 Å². The van der Waals surface area contributed by atoms with E-state index in [2.05, 4.69) is 0 Å². The van der Waals surface area contributed by atoms with Gasteiger partial charge in [-0.3, -0.25) is 4.79 Å². The zero-order valence-electron chi connectivity index (χ0n) is 7.50. The maximum Gasteiger partial charge on any atom is 0.335 e. The van der Waals surface area contributed by atoms with Crippen molar-refractivity contribution in [1.29, 1.82) is 0 Å². The summed E-state index contributed by atoms with van der Waals surface area (Å²) in [6.07, 6.45) is 0. The van der Waals surface area contributed by atoms with Crippen molar-refractivity contribution < 1.29 is 14.7 Å². The molecule has 1 aromatic carbocycles. The summed E-state index contributed by atoms with van der Waals surface area (Å²) in [5.41, 5.74) is 1.42. The highest BCUT2D eigenvalue weighted by molar-refractivity contribution is 5.98. The lowest BCUT2D eigenvalue weighted by molar-refractivity contribution is 0.0697. The predicted octanol–water partition coefficient (Wildman–Crippen LogP) is 1.90. The number of aromatic carboxylic acids is 1. The fourth-order valence-corrected chi connectivity index (χ4v) is 1.13. The molecule has 3 heteroatoms. The van der Waals surface area contributed by atoms with E-state index in [9.17, 15) is 9.59 Å². The van der Waals surface area contributed by atoms with Crippen LogP contribution in [-0.2, 0) is 0 Å². The molecule has 0 fully saturated rings. The molecule has 0 amide bonds. The molecule has 3 nitrogen and oxygen atoms in total. The lowest BCUT2D eigenvalue weighted by Gasteiger charge is -2.02. The van der Waals surface area contributed by atoms with E-state index < -0.39 is 5.97 Å². The van der Waals surface area contributed by atoms with Gasteiger partial charge >= 0.3 is 5.97 Å². The van der Waals surface area contributed by atoms with Gasteiger partial charge in [-0.2, -0.15) is 0 Å². The Balaban J connectivity index is 3.27. The number of hydrogen-bond donors (Lipinski definition) is 1. The minimum atomic E-state index is -1.01. The van der Waals surface area contributed by atoms with Gasteiger partial charge in [0.25, 0.3) is 0 Å². The van der Waals surface area contributed by atoms with Crippen LogP contribution in [0.4, 0.5) is 0 Å². The summed E-state index contributed by atoms with van der Waals surface area (Å²) in [4.78, 5) is 21.6. The molecule has 0 radical (unpaired) electrons. The zero-order chi connectivity index (χ0) is 10.0. The number of carbonyl (C=O) groups is 2. The first-order chi connectivity index (χ1) is 6.02. The predicted molar refractivity (Wildman–Crippen MR) is 48.1 cm³/mol. The molecule has 1 aromatic rings. The fourth-order valence-electron chi connectivity index (χ4n) is 1.13. The lowest BCUT2D eigenvalue weighted by atomic mass is 10.0. The molecular formula is C10H10O3. The topological polar surface area (TPSA) is 54.4 Å². The number of carbonyl (C=O) groups excluding carboxylic acids is 1. The molecule has 0 aromatic heterocycles. The van der Waals surface area contributed by atoms with Crippen molar-refractivity contribution in [2.75, 3.05) is 0 Å². The molecular weight excluding hydrogens is 168 g/mol. The number of aryl methyl sites for hydroxylation is 1. The summed E-state index contributed by atoms with van der Waals surface area (Å²) in [5, 5.41) is 8.67. The second kappa shape index (κ2) is 3.39. The second-order valence-electron chi connectivity index (χ2n) is 2.89. The van der Waals surface area contributed by atoms with Crippen LogP contribution in [0.2, 0.25) is 0 Å². The van der Waals surface area contributed by atoms with E-state index in [0.29, 0.717) is 5.56 Å². The molecule has 0 saturated carbocycles. The van der Waals surface area contributed by atoms with Crippen LogP contribution < -0.4 is 0 Å². The van der Waals surface area contributed by atoms with Gasteiger partial charge in [0.15, 0.2) is 5.78 Å². The summed E-state index contributed by atoms with van der Waals surface area (Å²) in [6, 6.07) is 4.53. The smallest absolute Gasteiger partial charge is 0.335 e. The molecule has 0 unspecified atom stereocenters. The van der Waals surface area contributed by atoms with Crippen LogP contribution in [-0.4, -0.2) is 16.9 Å². The Bertz CT molecular complexity index is 366. The molecule has 0 spiro atoms. The Kier molecular flexibility index (Phi) is 2.46. The molecule has 0 bridgehead atoms. The molecule has 0 atom stereocenters. The van der Waals surface area contributed by atoms with Gasteiger partial charge in [0.1, 0.15) is 0 Å². The second-order valence-corrected chi connectivity index (χ2v) is 2.89. The van der Waals surface area contributed by atoms with E-state index >= 15 is 0 Å². The average Bonchev–Trinajstić information content (AvgIpc) is 2.04. The van der Waals surface area contributed by atoms with E-state index in [1.54, 1.807) is 13.0 Å². The first kappa shape index (κ1) is 9.45. The van der Waals surface area contributed by atoms with Crippen LogP contribution >= 0.6 is 0 Å². The fraction of sp³-hybridized carbons (Fsp3) is 0.200. The summed E-state index contributed by atoms with van der Waals surface area (Å²) in [6.45, 7) is 3.20. The van der Waals surface area contributed by atoms with Crippen LogP contribution in [0.5, 0.6) is 0 Å². The number of hydrogen-bond acceptors (Lipinski definition) is 2. The number of carboxylic acid groups (broad SMARTS) is 1. The van der Waals surface area contributed by atoms with Crippen molar-refractivity contribution in [2.24, 2.45) is 0 Å². The highest BCUT2D eigenvalue weighted by Crippen LogP contribution is 2.11. The van der Waals surface area contributed by atoms with E-state index in [4.69, 9.17) is 5.11 Å². The quantitative estimate of drug-likeness (QED) is 0.703. The molecule has 0 aliphatic carbocycles. The average molecular weight is 178 g/mol. The molecule has 68 valence electrons. The highest BCUT2D eigenvalue weighted by Gasteiger charge is 2.08. The Hall–Kier alpha value is -1.64. The van der Waals surface area contributed by atoms with Gasteiger partial charge in [0.2, 0.25) is 0 Å². The summed E-state index contributed by atoms with van der Waals surface area (Å²) in [7, 11) is 0. The third kappa shape index (κ3) is 1.93. The Labute approximate surface area is 76.0 Å². The SMILES string of the molecule is CC(=O)c1cc(C(=O)O)ccc1C. The number of benzene rings is 1. The van der Waals surface area contributed by atoms with Gasteiger partial charge in [-0.15, -0.1) is 0 Å². The van der Waals surface area contributed by atoms with E-state index in [-0.39, 0.29) is 11.3 Å². The minimum absolute atomic E-state index is 0.111. The van der Waals surface area contributed by atoms with Crippen molar-refractivity contribution in [3.8, 4) is 0 Å². The molecule has 0 aliphatic rings. The highest BCUT2D eigenvalue weighted by atomic mass is 16.4. The van der Waals surface area contributed by atoms with Crippen LogP contribution in [0.15, 0.2) is 18.2 Å². The standard InChI is InChI=1S/C10H10O3/c1-6-3-4-8(10(12)13)5-9(6)7(2)11/h3-5H,1-2H3,(H,12,13). The monoisotopic (exact) mass is 178 g/mol. The number of ketones is 1. The maximum atomic E-state index is 11.0. The van der Waals surface area contributed by atoms with Crippen LogP contribution in [0.3, 0.4) is 0 Å². The summed E-state index contributed by atoms with van der Waals surface area (Å²) in [5.74, 6) is -1.12. The van der Waals surface area contributed by atoms with E-state index in [1.807, 2.05) is 0 Å². The van der Waals surface area contributed by atoms with Gasteiger partial charge in [0, 0.05) is 5.56 Å². The molecule has 0 heterocycles. The Morgan fingerprint density at radius 1 is 1.31 bits per heavy atom. The molecule has 0 aliphatic heterocycles. The first-order valence-corrected chi connectivity index (χ1v) is 3.87. The minimum Gasteiger partial charge on any atom is -0.478 e. The summed E-state index contributed by atoms with van der Waals surface area (Å²) >= 11 is 0. The van der Waals surface area contributed by atoms with Crippen molar-refractivity contribution in [1.82, 2.24) is 0 Å². The van der Waals surface area contributed by atoms with Crippen molar-refractivity contribution in [3.63, 3.8) is 0 Å². The van der Waals surface area contributed by atoms with Gasteiger partial charge < -0.3 is 5.11 Å². The van der Waals surface area contributed by atoms with Crippen molar-refractivity contribution in [2.45, 2.75) is 13.8 Å². The number of rotatable bonds is 2. The third-order valence-electron chi connectivity index (χ3n) is 1.86. The Morgan fingerprint density at radius 3 is 2.38 bits per heavy atom. The summed E-state index contributed by atoms with van der Waals surface area (Å²) < 4.78 is 0. The number of Topliss-reactive ketones (excluding diaryl/α,β-unsaturated/α-hetero) is 1. The van der Waals surface area contributed by atoms with E-state index in [1.165, 1.54) is 19.1 Å². The zero-order valence-corrected chi connectivity index (χ0v) is 7.50. The van der Waals surface area contributed by atoms with Crippen LogP contribution in [0.1, 0.15) is 33.2 Å². The van der Waals surface area contributed by atoms with Gasteiger partial charge in [0.05, 0.1) is 5.56 Å². The van der Waals surface area contributed by atoms with E-state index in [0.717, 1.165) is 5.56 Å². The first-order valence-electron chi connectivity index (χ1n) is 3.87. The molecule has 0 saturated heterocycles. The molecule has 1 rings (SSSR count). The van der Waals surface area contributed by atoms with Crippen LogP contribution in [0, 0.1) is 6.92 Å². The number of carboxylic acids is 1. The molecule has 13 heavy (non-hydrogen) atoms. The largest absolute Gasteiger partial charge is 0.478 e. The van der Waals surface area contributed by atoms with Crippen molar-refractivity contribution in [3.05, 3.63) is 34.9 Å². The van der Waals surface area contributed by atoms with Gasteiger partial charge in [-0.25, -0.2) is 4.79 Å². The van der Waals surface area contributed by atoms with Gasteiger partial charge in [-0.05, 0) is 31.5 Å². The normalized spacial score (nSPS) is 9.69. The van der Waals surface area contributed by atoms with Crippen LogP contribution in [0.25, 0.3) is 0 Å². The van der Waals surface area contributed by atoms with Crippen molar-refractivity contribution >= 4 is 11.8 Å². The maximum absolute atomic E-state index is 11.0. The lowest BCUT2D eigenvalue weighted by Crippen LogP contribution is -2.02. The Morgan fingerprint density at radius 2 is 1.92 bits per heavy atom.